The number of nitriles is 1. The van der Waals surface area contributed by atoms with Gasteiger partial charge in [0.25, 0.3) is 0 Å². The van der Waals surface area contributed by atoms with Crippen molar-refractivity contribution in [1.82, 2.24) is 15.0 Å². The van der Waals surface area contributed by atoms with Gasteiger partial charge >= 0.3 is 5.97 Å². The Morgan fingerprint density at radius 2 is 2.36 bits per heavy atom. The van der Waals surface area contributed by atoms with E-state index in [1.165, 1.54) is 0 Å². The molecule has 2 aromatic heterocycles. The van der Waals surface area contributed by atoms with Crippen LogP contribution in [-0.2, 0) is 9.53 Å². The first kappa shape index (κ1) is 15.5. The van der Waals surface area contributed by atoms with Crippen molar-refractivity contribution in [2.45, 2.75) is 19.8 Å². The third-order valence-electron chi connectivity index (χ3n) is 3.20. The highest BCUT2D eigenvalue weighted by Gasteiger charge is 2.35. The molecule has 0 saturated heterocycles. The lowest BCUT2D eigenvalue weighted by Gasteiger charge is -2.19. The number of carbonyl (C=O) groups excluding carboxylic acids is 1. The third kappa shape index (κ3) is 3.06. The number of imidazole rings is 1. The zero-order valence-corrected chi connectivity index (χ0v) is 12.3. The lowest BCUT2D eigenvalue weighted by molar-refractivity contribution is -0.146. The molecule has 0 saturated carbocycles. The Labute approximate surface area is 127 Å². The molecule has 2 rings (SSSR count). The number of carbonyl (C=O) groups is 1. The molecule has 2 atom stereocenters. The second-order valence-corrected chi connectivity index (χ2v) is 4.68. The Balaban J connectivity index is 2.53. The highest BCUT2D eigenvalue weighted by atomic mass is 16.5. The quantitative estimate of drug-likeness (QED) is 0.812. The summed E-state index contributed by atoms with van der Waals surface area (Å²) in [6.07, 6.45) is 3.13. The minimum absolute atomic E-state index is 0.171. The van der Waals surface area contributed by atoms with E-state index >= 15 is 0 Å². The molecule has 0 aliphatic rings. The minimum atomic E-state index is -1.12. The Bertz CT molecular complexity index is 691. The normalized spacial score (nSPS) is 13.1. The SMILES string of the molecule is CCOC(=O)[C@H](C#N)[C@@H](c1cccnc1)c1[nH]c(C)nc1O. The van der Waals surface area contributed by atoms with Crippen LogP contribution in [0, 0.1) is 24.2 Å². The van der Waals surface area contributed by atoms with Gasteiger partial charge in [-0.3, -0.25) is 9.78 Å². The molecule has 0 fully saturated rings. The number of nitrogens with one attached hydrogen (secondary N) is 1. The van der Waals surface area contributed by atoms with Gasteiger partial charge in [0.15, 0.2) is 5.92 Å². The summed E-state index contributed by atoms with van der Waals surface area (Å²) in [5.74, 6) is -2.25. The number of H-pyrrole nitrogens is 1. The summed E-state index contributed by atoms with van der Waals surface area (Å²) >= 11 is 0. The molecule has 0 bridgehead atoms. The van der Waals surface area contributed by atoms with Crippen molar-refractivity contribution in [3.8, 4) is 11.9 Å². The Kier molecular flexibility index (Phi) is 4.73. The number of rotatable bonds is 5. The summed E-state index contributed by atoms with van der Waals surface area (Å²) in [5, 5.41) is 19.4. The average molecular weight is 300 g/mol. The number of aromatic hydroxyl groups is 1. The van der Waals surface area contributed by atoms with E-state index in [2.05, 4.69) is 15.0 Å². The van der Waals surface area contributed by atoms with Crippen LogP contribution in [0.25, 0.3) is 0 Å². The standard InChI is InChI=1S/C15H16N4O3/c1-3-22-15(21)11(7-16)12(10-5-4-6-17-8-10)13-14(20)19-9(2)18-13/h4-6,8,11-12,20H,3H2,1-2H3,(H,18,19)/t11-,12-/m1/s1. The summed E-state index contributed by atoms with van der Waals surface area (Å²) < 4.78 is 4.97. The lowest BCUT2D eigenvalue weighted by Crippen LogP contribution is -2.24. The van der Waals surface area contributed by atoms with Crippen LogP contribution in [0.15, 0.2) is 24.5 Å². The zero-order valence-electron chi connectivity index (χ0n) is 12.3. The largest absolute Gasteiger partial charge is 0.492 e. The highest BCUT2D eigenvalue weighted by molar-refractivity contribution is 5.77. The van der Waals surface area contributed by atoms with Crippen LogP contribution in [0.3, 0.4) is 0 Å². The molecule has 0 amide bonds. The molecule has 0 aromatic carbocycles. The van der Waals surface area contributed by atoms with Gasteiger partial charge in [-0.2, -0.15) is 10.2 Å². The van der Waals surface area contributed by atoms with E-state index in [1.54, 1.807) is 38.4 Å². The molecule has 7 heteroatoms. The number of esters is 1. The second-order valence-electron chi connectivity index (χ2n) is 4.68. The van der Waals surface area contributed by atoms with Crippen molar-refractivity contribution in [1.29, 1.82) is 5.26 Å². The number of ether oxygens (including phenoxy) is 1. The van der Waals surface area contributed by atoms with Crippen molar-refractivity contribution in [3.05, 3.63) is 41.6 Å². The van der Waals surface area contributed by atoms with Gasteiger partial charge in [0, 0.05) is 12.4 Å². The van der Waals surface area contributed by atoms with Crippen LogP contribution < -0.4 is 0 Å². The second kappa shape index (κ2) is 6.72. The minimum Gasteiger partial charge on any atom is -0.492 e. The molecule has 0 aliphatic carbocycles. The van der Waals surface area contributed by atoms with E-state index in [0.717, 1.165) is 0 Å². The van der Waals surface area contributed by atoms with Gasteiger partial charge in [0.2, 0.25) is 5.88 Å². The van der Waals surface area contributed by atoms with Gasteiger partial charge in [-0.05, 0) is 25.5 Å². The number of hydrogen-bond acceptors (Lipinski definition) is 6. The average Bonchev–Trinajstić information content (AvgIpc) is 2.84. The van der Waals surface area contributed by atoms with Crippen molar-refractivity contribution < 1.29 is 14.6 Å². The topological polar surface area (TPSA) is 112 Å². The maximum absolute atomic E-state index is 12.1. The predicted octanol–water partition coefficient (Wildman–Crippen LogP) is 1.65. The third-order valence-corrected chi connectivity index (χ3v) is 3.20. The van der Waals surface area contributed by atoms with E-state index in [0.29, 0.717) is 17.1 Å². The number of nitrogens with zero attached hydrogens (tertiary/aromatic N) is 3. The van der Waals surface area contributed by atoms with Crippen LogP contribution in [-0.4, -0.2) is 32.6 Å². The Hall–Kier alpha value is -2.88. The van der Waals surface area contributed by atoms with Gasteiger partial charge in [0.1, 0.15) is 5.82 Å². The molecular formula is C15H16N4O3. The van der Waals surface area contributed by atoms with E-state index in [-0.39, 0.29) is 12.5 Å². The molecule has 2 heterocycles. The summed E-state index contributed by atoms with van der Waals surface area (Å²) in [6.45, 7) is 3.52. The van der Waals surface area contributed by atoms with Gasteiger partial charge in [0.05, 0.1) is 24.3 Å². The van der Waals surface area contributed by atoms with Gasteiger partial charge in [-0.25, -0.2) is 0 Å². The van der Waals surface area contributed by atoms with Crippen molar-refractivity contribution in [3.63, 3.8) is 0 Å². The van der Waals surface area contributed by atoms with E-state index in [9.17, 15) is 15.2 Å². The van der Waals surface area contributed by atoms with E-state index in [4.69, 9.17) is 4.74 Å². The summed E-state index contributed by atoms with van der Waals surface area (Å²) in [7, 11) is 0. The molecule has 0 unspecified atom stereocenters. The first-order valence-electron chi connectivity index (χ1n) is 6.80. The number of aromatic nitrogens is 3. The highest BCUT2D eigenvalue weighted by Crippen LogP contribution is 2.35. The summed E-state index contributed by atoms with van der Waals surface area (Å²) in [5.41, 5.74) is 0.908. The molecule has 2 N–H and O–H groups in total. The molecule has 114 valence electrons. The molecule has 0 aliphatic heterocycles. The van der Waals surface area contributed by atoms with Crippen LogP contribution in [0.4, 0.5) is 0 Å². The van der Waals surface area contributed by atoms with Crippen LogP contribution in [0.5, 0.6) is 5.88 Å². The summed E-state index contributed by atoms with van der Waals surface area (Å²) in [6, 6.07) is 5.39. The molecule has 0 spiro atoms. The molecule has 22 heavy (non-hydrogen) atoms. The first-order valence-corrected chi connectivity index (χ1v) is 6.80. The van der Waals surface area contributed by atoms with Gasteiger partial charge < -0.3 is 14.8 Å². The fourth-order valence-corrected chi connectivity index (χ4v) is 2.30. The number of hydrogen-bond donors (Lipinski definition) is 2. The monoisotopic (exact) mass is 300 g/mol. The molecule has 0 radical (unpaired) electrons. The Morgan fingerprint density at radius 1 is 1.59 bits per heavy atom. The number of aromatic amines is 1. The van der Waals surface area contributed by atoms with E-state index < -0.39 is 17.8 Å². The van der Waals surface area contributed by atoms with Crippen molar-refractivity contribution in [2.75, 3.05) is 6.61 Å². The smallest absolute Gasteiger partial charge is 0.324 e. The van der Waals surface area contributed by atoms with Crippen molar-refractivity contribution >= 4 is 5.97 Å². The lowest BCUT2D eigenvalue weighted by atomic mass is 9.85. The zero-order chi connectivity index (χ0) is 16.1. The maximum Gasteiger partial charge on any atom is 0.324 e. The fourth-order valence-electron chi connectivity index (χ4n) is 2.30. The molecule has 7 nitrogen and oxygen atoms in total. The molecular weight excluding hydrogens is 284 g/mol. The van der Waals surface area contributed by atoms with Crippen LogP contribution in [0.1, 0.15) is 29.9 Å². The molecule has 2 aromatic rings. The predicted molar refractivity (Wildman–Crippen MR) is 76.8 cm³/mol. The fraction of sp³-hybridized carbons (Fsp3) is 0.333. The van der Waals surface area contributed by atoms with Crippen molar-refractivity contribution in [2.24, 2.45) is 5.92 Å². The van der Waals surface area contributed by atoms with Gasteiger partial charge in [-0.15, -0.1) is 0 Å². The van der Waals surface area contributed by atoms with Crippen LogP contribution in [0.2, 0.25) is 0 Å². The number of pyridine rings is 1. The Morgan fingerprint density at radius 3 is 2.86 bits per heavy atom. The summed E-state index contributed by atoms with van der Waals surface area (Å²) in [4.78, 5) is 22.9. The maximum atomic E-state index is 12.1. The van der Waals surface area contributed by atoms with Crippen LogP contribution >= 0.6 is 0 Å². The van der Waals surface area contributed by atoms with Gasteiger partial charge in [-0.1, -0.05) is 6.07 Å². The first-order chi connectivity index (χ1) is 10.6. The number of aryl methyl sites for hydroxylation is 1. The van der Waals surface area contributed by atoms with E-state index in [1.807, 2.05) is 6.07 Å².